The lowest BCUT2D eigenvalue weighted by atomic mass is 9.88. The van der Waals surface area contributed by atoms with E-state index in [-0.39, 0.29) is 5.91 Å². The first-order chi connectivity index (χ1) is 10.9. The van der Waals surface area contributed by atoms with Crippen LogP contribution in [-0.4, -0.2) is 60.4 Å². The molecule has 0 aliphatic carbocycles. The molecule has 1 fully saturated rings. The molecular weight excluding hydrogens is 296 g/mol. The van der Waals surface area contributed by atoms with Crippen LogP contribution in [-0.2, 0) is 4.79 Å². The van der Waals surface area contributed by atoms with Crippen LogP contribution in [0.3, 0.4) is 0 Å². The number of hydrogen-bond acceptors (Lipinski definition) is 6. The molecule has 1 aromatic rings. The molecule has 8 heteroatoms. The van der Waals surface area contributed by atoms with E-state index in [4.69, 9.17) is 5.73 Å². The van der Waals surface area contributed by atoms with E-state index in [9.17, 15) is 9.59 Å². The number of carbonyl (C=O) groups is 2. The quantitative estimate of drug-likeness (QED) is 0.770. The fraction of sp³-hybridized carbons (Fsp3) is 0.467. The van der Waals surface area contributed by atoms with Crippen molar-refractivity contribution in [2.45, 2.75) is 18.4 Å². The molecule has 2 aliphatic rings. The standard InChI is InChI=1S/C15H20N6O2/c1-20(2)14-18-13(23)15(19-14)5-7-21(8-6-15)11-4-3-10(9-17-11)12(16)22/h3-4,9H,5-8H2,1-2H3,(H2,16,22)(H,18,19,23). The van der Waals surface area contributed by atoms with Crippen LogP contribution in [0.15, 0.2) is 23.3 Å². The Labute approximate surface area is 134 Å². The molecule has 8 nitrogen and oxygen atoms in total. The lowest BCUT2D eigenvalue weighted by Crippen LogP contribution is -2.49. The Morgan fingerprint density at radius 2 is 2.04 bits per heavy atom. The molecule has 0 bridgehead atoms. The van der Waals surface area contributed by atoms with Crippen molar-refractivity contribution in [1.82, 2.24) is 15.2 Å². The number of nitrogens with two attached hydrogens (primary N) is 1. The summed E-state index contributed by atoms with van der Waals surface area (Å²) in [6, 6.07) is 3.45. The normalized spacial score (nSPS) is 19.5. The SMILES string of the molecule is CN(C)C1=NC2(CCN(c3ccc(C(N)=O)cn3)CC2)C(=O)N1. The van der Waals surface area contributed by atoms with Crippen molar-refractivity contribution in [3.63, 3.8) is 0 Å². The maximum Gasteiger partial charge on any atom is 0.254 e. The average molecular weight is 316 g/mol. The third-order valence-corrected chi connectivity index (χ3v) is 4.34. The minimum Gasteiger partial charge on any atom is -0.366 e. The maximum absolute atomic E-state index is 12.3. The number of rotatable bonds is 2. The monoisotopic (exact) mass is 316 g/mol. The Bertz CT molecular complexity index is 659. The van der Waals surface area contributed by atoms with Crippen molar-refractivity contribution in [2.75, 3.05) is 32.1 Å². The van der Waals surface area contributed by atoms with Crippen LogP contribution in [0.1, 0.15) is 23.2 Å². The molecule has 0 atom stereocenters. The smallest absolute Gasteiger partial charge is 0.254 e. The molecule has 2 amide bonds. The van der Waals surface area contributed by atoms with Gasteiger partial charge in [-0.15, -0.1) is 0 Å². The summed E-state index contributed by atoms with van der Waals surface area (Å²) in [4.78, 5) is 36.2. The molecule has 23 heavy (non-hydrogen) atoms. The van der Waals surface area contributed by atoms with Gasteiger partial charge in [-0.2, -0.15) is 0 Å². The first kappa shape index (κ1) is 15.3. The minimum atomic E-state index is -0.663. The van der Waals surface area contributed by atoms with Gasteiger partial charge in [-0.3, -0.25) is 14.9 Å². The molecular formula is C15H20N6O2. The van der Waals surface area contributed by atoms with Crippen LogP contribution >= 0.6 is 0 Å². The molecule has 0 unspecified atom stereocenters. The summed E-state index contributed by atoms with van der Waals surface area (Å²) in [5, 5.41) is 2.84. The number of nitrogens with one attached hydrogen (secondary N) is 1. The molecule has 0 radical (unpaired) electrons. The fourth-order valence-electron chi connectivity index (χ4n) is 2.87. The van der Waals surface area contributed by atoms with E-state index in [0.29, 0.717) is 37.5 Å². The van der Waals surface area contributed by atoms with Crippen molar-refractivity contribution in [1.29, 1.82) is 0 Å². The first-order valence-corrected chi connectivity index (χ1v) is 7.51. The van der Waals surface area contributed by atoms with Crippen LogP contribution in [0.5, 0.6) is 0 Å². The van der Waals surface area contributed by atoms with Gasteiger partial charge in [0.1, 0.15) is 11.4 Å². The number of guanidine groups is 1. The minimum absolute atomic E-state index is 0.0297. The zero-order valence-corrected chi connectivity index (χ0v) is 13.2. The molecule has 3 rings (SSSR count). The van der Waals surface area contributed by atoms with Crippen molar-refractivity contribution in [3.05, 3.63) is 23.9 Å². The van der Waals surface area contributed by atoms with Crippen molar-refractivity contribution in [3.8, 4) is 0 Å². The second-order valence-corrected chi connectivity index (χ2v) is 6.07. The highest BCUT2D eigenvalue weighted by Crippen LogP contribution is 2.31. The topological polar surface area (TPSA) is 104 Å². The van der Waals surface area contributed by atoms with E-state index in [1.54, 1.807) is 12.1 Å². The zero-order chi connectivity index (χ0) is 16.6. The van der Waals surface area contributed by atoms with Gasteiger partial charge in [-0.25, -0.2) is 9.98 Å². The number of nitrogens with zero attached hydrogens (tertiary/aromatic N) is 4. The van der Waals surface area contributed by atoms with Crippen molar-refractivity contribution >= 4 is 23.6 Å². The zero-order valence-electron chi connectivity index (χ0n) is 13.2. The molecule has 3 heterocycles. The van der Waals surface area contributed by atoms with Gasteiger partial charge < -0.3 is 15.5 Å². The number of piperidine rings is 1. The van der Waals surface area contributed by atoms with E-state index in [1.807, 2.05) is 19.0 Å². The molecule has 1 aromatic heterocycles. The summed E-state index contributed by atoms with van der Waals surface area (Å²) in [6.45, 7) is 1.36. The molecule has 0 saturated carbocycles. The van der Waals surface area contributed by atoms with Gasteiger partial charge in [0.05, 0.1) is 5.56 Å². The summed E-state index contributed by atoms with van der Waals surface area (Å²) >= 11 is 0. The lowest BCUT2D eigenvalue weighted by Gasteiger charge is -2.36. The molecule has 2 aliphatic heterocycles. The molecule has 1 saturated heterocycles. The van der Waals surface area contributed by atoms with Gasteiger partial charge in [0.15, 0.2) is 0 Å². The van der Waals surface area contributed by atoms with E-state index < -0.39 is 11.4 Å². The highest BCUT2D eigenvalue weighted by molar-refractivity contribution is 6.07. The lowest BCUT2D eigenvalue weighted by molar-refractivity contribution is -0.124. The second-order valence-electron chi connectivity index (χ2n) is 6.07. The number of amides is 2. The fourth-order valence-corrected chi connectivity index (χ4v) is 2.87. The van der Waals surface area contributed by atoms with E-state index in [0.717, 1.165) is 5.82 Å². The molecule has 0 aromatic carbocycles. The first-order valence-electron chi connectivity index (χ1n) is 7.51. The molecule has 3 N–H and O–H groups in total. The van der Waals surface area contributed by atoms with Gasteiger partial charge in [0.2, 0.25) is 11.9 Å². The van der Waals surface area contributed by atoms with E-state index >= 15 is 0 Å². The average Bonchev–Trinajstić information content (AvgIpc) is 2.85. The van der Waals surface area contributed by atoms with Crippen molar-refractivity contribution < 1.29 is 9.59 Å². The summed E-state index contributed by atoms with van der Waals surface area (Å²) in [5.41, 5.74) is 4.94. The predicted molar refractivity (Wildman–Crippen MR) is 86.2 cm³/mol. The number of aromatic nitrogens is 1. The third kappa shape index (κ3) is 2.71. The highest BCUT2D eigenvalue weighted by atomic mass is 16.2. The number of carbonyl (C=O) groups excluding carboxylic acids is 2. The Hall–Kier alpha value is -2.64. The van der Waals surface area contributed by atoms with Crippen LogP contribution in [0.4, 0.5) is 5.82 Å². The van der Waals surface area contributed by atoms with Gasteiger partial charge in [0.25, 0.3) is 5.91 Å². The van der Waals surface area contributed by atoms with Gasteiger partial charge in [0, 0.05) is 33.4 Å². The van der Waals surface area contributed by atoms with E-state index in [1.165, 1.54) is 6.20 Å². The molecule has 122 valence electrons. The Morgan fingerprint density at radius 3 is 2.52 bits per heavy atom. The highest BCUT2D eigenvalue weighted by Gasteiger charge is 2.46. The predicted octanol–water partition coefficient (Wildman–Crippen LogP) is -0.433. The summed E-state index contributed by atoms with van der Waals surface area (Å²) in [6.07, 6.45) is 2.75. The number of pyridine rings is 1. The third-order valence-electron chi connectivity index (χ3n) is 4.34. The molecule has 1 spiro atoms. The number of anilines is 1. The van der Waals surface area contributed by atoms with Crippen LogP contribution < -0.4 is 16.0 Å². The van der Waals surface area contributed by atoms with Crippen molar-refractivity contribution in [2.24, 2.45) is 10.7 Å². The van der Waals surface area contributed by atoms with E-state index in [2.05, 4.69) is 20.2 Å². The Morgan fingerprint density at radius 1 is 1.35 bits per heavy atom. The second kappa shape index (κ2) is 5.53. The number of hydrogen-bond donors (Lipinski definition) is 2. The van der Waals surface area contributed by atoms with Crippen LogP contribution in [0, 0.1) is 0 Å². The number of aliphatic imine (C=N–C) groups is 1. The largest absolute Gasteiger partial charge is 0.366 e. The Kier molecular flexibility index (Phi) is 3.67. The summed E-state index contributed by atoms with van der Waals surface area (Å²) in [5.74, 6) is 0.875. The summed E-state index contributed by atoms with van der Waals surface area (Å²) < 4.78 is 0. The number of primary amides is 1. The summed E-state index contributed by atoms with van der Waals surface area (Å²) in [7, 11) is 3.72. The van der Waals surface area contributed by atoms with Gasteiger partial charge in [-0.05, 0) is 25.0 Å². The van der Waals surface area contributed by atoms with Crippen LogP contribution in [0.2, 0.25) is 0 Å². The Balaban J connectivity index is 1.71. The maximum atomic E-state index is 12.3. The van der Waals surface area contributed by atoms with Gasteiger partial charge in [-0.1, -0.05) is 0 Å². The van der Waals surface area contributed by atoms with Crippen LogP contribution in [0.25, 0.3) is 0 Å². The van der Waals surface area contributed by atoms with Gasteiger partial charge >= 0.3 is 0 Å².